The first-order valence-electron chi connectivity index (χ1n) is 7.57. The van der Waals surface area contributed by atoms with Gasteiger partial charge in [-0.25, -0.2) is 9.38 Å². The fourth-order valence-corrected chi connectivity index (χ4v) is 1.95. The van der Waals surface area contributed by atoms with Gasteiger partial charge in [0.25, 0.3) is 0 Å². The lowest BCUT2D eigenvalue weighted by Gasteiger charge is -2.14. The topological polar surface area (TPSA) is 68.9 Å². The number of aliphatic imine (C=N–C) groups is 1. The zero-order valence-corrected chi connectivity index (χ0v) is 13.8. The minimum absolute atomic E-state index is 0.0403. The van der Waals surface area contributed by atoms with Crippen molar-refractivity contribution in [3.63, 3.8) is 0 Å². The average Bonchev–Trinajstić information content (AvgIpc) is 2.56. The Morgan fingerprint density at radius 2 is 1.81 bits per heavy atom. The predicted octanol–water partition coefficient (Wildman–Crippen LogP) is 3.92. The molecule has 0 aliphatic rings. The van der Waals surface area contributed by atoms with Gasteiger partial charge in [0.15, 0.2) is 17.5 Å². The van der Waals surface area contributed by atoms with Crippen LogP contribution < -0.4 is 20.5 Å². The number of alkyl halides is 3. The number of hydrogen-bond donors (Lipinski definition) is 2. The van der Waals surface area contributed by atoms with Crippen LogP contribution in [0.25, 0.3) is 0 Å². The summed E-state index contributed by atoms with van der Waals surface area (Å²) in [7, 11) is 0. The van der Waals surface area contributed by atoms with Crippen molar-refractivity contribution >= 4 is 11.6 Å². The predicted molar refractivity (Wildman–Crippen MR) is 89.7 cm³/mol. The van der Waals surface area contributed by atoms with E-state index in [1.807, 2.05) is 0 Å². The Bertz CT molecular complexity index is 748. The van der Waals surface area contributed by atoms with Crippen molar-refractivity contribution in [2.75, 3.05) is 11.9 Å². The number of hydrogen-bond acceptors (Lipinski definition) is 3. The number of ether oxygens (including phenoxy) is 2. The molecule has 0 aromatic heterocycles. The highest BCUT2D eigenvalue weighted by atomic mass is 19.4. The van der Waals surface area contributed by atoms with Crippen LogP contribution in [0.5, 0.6) is 11.5 Å². The minimum atomic E-state index is -4.75. The first-order valence-corrected chi connectivity index (χ1v) is 7.57. The normalized spacial score (nSPS) is 13.2. The Morgan fingerprint density at radius 3 is 2.42 bits per heavy atom. The maximum atomic E-state index is 13.5. The Kier molecular flexibility index (Phi) is 6.26. The Labute approximate surface area is 147 Å². The first-order chi connectivity index (χ1) is 12.2. The molecule has 5 nitrogen and oxygen atoms in total. The van der Waals surface area contributed by atoms with Crippen molar-refractivity contribution < 1.29 is 27.0 Å². The van der Waals surface area contributed by atoms with E-state index in [1.54, 1.807) is 19.1 Å². The van der Waals surface area contributed by atoms with Gasteiger partial charge < -0.3 is 20.5 Å². The molecule has 9 heteroatoms. The molecule has 0 fully saturated rings. The second kappa shape index (κ2) is 8.41. The van der Waals surface area contributed by atoms with Crippen LogP contribution in [0, 0.1) is 5.82 Å². The maximum absolute atomic E-state index is 13.5. The largest absolute Gasteiger partial charge is 0.573 e. The standard InChI is InChI=1S/C17H17F4N3O2/c1-11(25-15-5-3-2-4-14(15)18)10-23-16(22)24-12-6-8-13(9-7-12)26-17(19,20)21/h2-9,11H,10H2,1H3,(H3,22,23,24). The molecule has 0 heterocycles. The first kappa shape index (κ1) is 19.4. The van der Waals surface area contributed by atoms with Crippen molar-refractivity contribution in [2.45, 2.75) is 19.4 Å². The minimum Gasteiger partial charge on any atom is -0.486 e. The lowest BCUT2D eigenvalue weighted by atomic mass is 10.3. The third-order valence-corrected chi connectivity index (χ3v) is 3.04. The van der Waals surface area contributed by atoms with Gasteiger partial charge in [0.2, 0.25) is 0 Å². The molecule has 2 aromatic carbocycles. The molecule has 2 rings (SSSR count). The molecule has 0 radical (unpaired) electrons. The number of benzene rings is 2. The number of nitrogens with two attached hydrogens (primary N) is 1. The monoisotopic (exact) mass is 371 g/mol. The van der Waals surface area contributed by atoms with Gasteiger partial charge in [-0.05, 0) is 43.3 Å². The molecule has 0 amide bonds. The van der Waals surface area contributed by atoms with E-state index in [4.69, 9.17) is 10.5 Å². The highest BCUT2D eigenvalue weighted by Crippen LogP contribution is 2.23. The van der Waals surface area contributed by atoms with Crippen molar-refractivity contribution in [1.82, 2.24) is 0 Å². The van der Waals surface area contributed by atoms with Crippen LogP contribution in [-0.2, 0) is 0 Å². The number of nitrogens with one attached hydrogen (secondary N) is 1. The molecular formula is C17H17F4N3O2. The molecule has 2 aromatic rings. The van der Waals surface area contributed by atoms with Crippen LogP contribution >= 0.6 is 0 Å². The van der Waals surface area contributed by atoms with E-state index in [0.717, 1.165) is 12.1 Å². The van der Waals surface area contributed by atoms with Crippen LogP contribution in [0.3, 0.4) is 0 Å². The van der Waals surface area contributed by atoms with Crippen LogP contribution in [0.1, 0.15) is 6.92 Å². The summed E-state index contributed by atoms with van der Waals surface area (Å²) in [5.74, 6) is -0.665. The molecule has 0 aliphatic heterocycles. The summed E-state index contributed by atoms with van der Waals surface area (Å²) in [6, 6.07) is 11.0. The lowest BCUT2D eigenvalue weighted by molar-refractivity contribution is -0.274. The van der Waals surface area contributed by atoms with E-state index >= 15 is 0 Å². The molecular weight excluding hydrogens is 354 g/mol. The summed E-state index contributed by atoms with van der Waals surface area (Å²) in [6.45, 7) is 1.86. The zero-order valence-electron chi connectivity index (χ0n) is 13.8. The van der Waals surface area contributed by atoms with Crippen molar-refractivity contribution in [3.05, 3.63) is 54.3 Å². The Balaban J connectivity index is 1.86. The summed E-state index contributed by atoms with van der Waals surface area (Å²) in [4.78, 5) is 4.05. The fourth-order valence-electron chi connectivity index (χ4n) is 1.95. The number of rotatable bonds is 6. The third kappa shape index (κ3) is 6.50. The van der Waals surface area contributed by atoms with E-state index in [2.05, 4.69) is 15.0 Å². The van der Waals surface area contributed by atoms with Gasteiger partial charge in [-0.15, -0.1) is 13.2 Å². The summed E-state index contributed by atoms with van der Waals surface area (Å²) in [6.07, 6.45) is -5.18. The molecule has 1 unspecified atom stereocenters. The number of anilines is 1. The van der Waals surface area contributed by atoms with E-state index < -0.39 is 18.3 Å². The lowest BCUT2D eigenvalue weighted by Crippen LogP contribution is -2.25. The molecule has 1 atom stereocenters. The molecule has 0 spiro atoms. The second-order valence-electron chi connectivity index (χ2n) is 5.28. The zero-order chi connectivity index (χ0) is 19.2. The number of halogens is 4. The molecule has 26 heavy (non-hydrogen) atoms. The van der Waals surface area contributed by atoms with Gasteiger partial charge in [0, 0.05) is 5.69 Å². The average molecular weight is 371 g/mol. The van der Waals surface area contributed by atoms with Crippen molar-refractivity contribution in [3.8, 4) is 11.5 Å². The SMILES string of the molecule is CC(CN=C(N)Nc1ccc(OC(F)(F)F)cc1)Oc1ccccc1F. The molecule has 0 aliphatic carbocycles. The number of nitrogens with zero attached hydrogens (tertiary/aromatic N) is 1. The smallest absolute Gasteiger partial charge is 0.486 e. The van der Waals surface area contributed by atoms with E-state index in [0.29, 0.717) is 5.69 Å². The Hall–Kier alpha value is -2.97. The second-order valence-corrected chi connectivity index (χ2v) is 5.28. The van der Waals surface area contributed by atoms with E-state index in [1.165, 1.54) is 24.3 Å². The highest BCUT2D eigenvalue weighted by molar-refractivity contribution is 5.92. The highest BCUT2D eigenvalue weighted by Gasteiger charge is 2.30. The summed E-state index contributed by atoms with van der Waals surface area (Å²) >= 11 is 0. The van der Waals surface area contributed by atoms with Crippen molar-refractivity contribution in [2.24, 2.45) is 10.7 Å². The molecule has 0 bridgehead atoms. The number of para-hydroxylation sites is 1. The van der Waals surface area contributed by atoms with Gasteiger partial charge in [-0.3, -0.25) is 0 Å². The molecule has 140 valence electrons. The summed E-state index contributed by atoms with van der Waals surface area (Å²) in [5.41, 5.74) is 6.15. The van der Waals surface area contributed by atoms with Gasteiger partial charge in [0.1, 0.15) is 11.9 Å². The molecule has 3 N–H and O–H groups in total. The third-order valence-electron chi connectivity index (χ3n) is 3.04. The van der Waals surface area contributed by atoms with E-state index in [9.17, 15) is 17.6 Å². The van der Waals surface area contributed by atoms with Crippen LogP contribution in [0.15, 0.2) is 53.5 Å². The quantitative estimate of drug-likeness (QED) is 0.459. The molecule has 0 saturated heterocycles. The van der Waals surface area contributed by atoms with Gasteiger partial charge >= 0.3 is 6.36 Å². The maximum Gasteiger partial charge on any atom is 0.573 e. The fraction of sp³-hybridized carbons (Fsp3) is 0.235. The Morgan fingerprint density at radius 1 is 1.15 bits per heavy atom. The van der Waals surface area contributed by atoms with E-state index in [-0.39, 0.29) is 24.0 Å². The van der Waals surface area contributed by atoms with Crippen LogP contribution in [0.2, 0.25) is 0 Å². The summed E-state index contributed by atoms with van der Waals surface area (Å²) < 4.78 is 59.0. The van der Waals surface area contributed by atoms with Gasteiger partial charge in [-0.2, -0.15) is 0 Å². The van der Waals surface area contributed by atoms with Gasteiger partial charge in [0.05, 0.1) is 6.54 Å². The van der Waals surface area contributed by atoms with Gasteiger partial charge in [-0.1, -0.05) is 12.1 Å². The van der Waals surface area contributed by atoms with Crippen molar-refractivity contribution in [1.29, 1.82) is 0 Å². The molecule has 0 saturated carbocycles. The summed E-state index contributed by atoms with van der Waals surface area (Å²) in [5, 5.41) is 2.72. The van der Waals surface area contributed by atoms with Crippen LogP contribution in [-0.4, -0.2) is 25.0 Å². The number of guanidine groups is 1. The van der Waals surface area contributed by atoms with Crippen LogP contribution in [0.4, 0.5) is 23.2 Å².